The Morgan fingerprint density at radius 2 is 1.77 bits per heavy atom. The Morgan fingerprint density at radius 3 is 2.38 bits per heavy atom. The van der Waals surface area contributed by atoms with Crippen LogP contribution in [0.1, 0.15) is 29.5 Å². The van der Waals surface area contributed by atoms with Crippen LogP contribution in [0.15, 0.2) is 48.5 Å². The van der Waals surface area contributed by atoms with E-state index in [1.807, 2.05) is 56.3 Å². The molecule has 0 radical (unpaired) electrons. The molecular weight excluding hydrogens is 328 g/mol. The molecule has 0 aromatic heterocycles. The van der Waals surface area contributed by atoms with E-state index in [1.54, 1.807) is 6.07 Å². The van der Waals surface area contributed by atoms with Gasteiger partial charge in [-0.25, -0.2) is 0 Å². The minimum absolute atomic E-state index is 0.0147. The Labute approximate surface area is 153 Å². The molecule has 1 aliphatic rings. The second-order valence-electron chi connectivity index (χ2n) is 7.02. The van der Waals surface area contributed by atoms with Crippen LogP contribution in [0.5, 0.6) is 0 Å². The molecule has 5 nitrogen and oxygen atoms in total. The van der Waals surface area contributed by atoms with Crippen LogP contribution in [0, 0.1) is 19.8 Å². The van der Waals surface area contributed by atoms with Gasteiger partial charge in [0.15, 0.2) is 0 Å². The number of carbonyl (C=O) groups excluding carboxylic acids is 2. The molecule has 1 aliphatic carbocycles. The van der Waals surface area contributed by atoms with Crippen molar-refractivity contribution in [1.82, 2.24) is 5.32 Å². The highest BCUT2D eigenvalue weighted by Gasteiger charge is 2.45. The summed E-state index contributed by atoms with van der Waals surface area (Å²) in [4.78, 5) is 24.4. The van der Waals surface area contributed by atoms with Crippen LogP contribution in [-0.4, -0.2) is 23.5 Å². The van der Waals surface area contributed by atoms with Gasteiger partial charge >= 0.3 is 11.8 Å². The molecule has 0 spiro atoms. The first kappa shape index (κ1) is 18.1. The van der Waals surface area contributed by atoms with Crippen molar-refractivity contribution >= 4 is 17.5 Å². The van der Waals surface area contributed by atoms with Crippen LogP contribution in [0.3, 0.4) is 0 Å². The normalized spacial score (nSPS) is 15.8. The minimum Gasteiger partial charge on any atom is -0.383 e. The van der Waals surface area contributed by atoms with Gasteiger partial charge in [-0.15, -0.1) is 0 Å². The standard InChI is InChI=1S/C21H24N2O3/c1-14-8-11-18(15(2)12-14)23-20(25)19(24)22-13-21(26,17-9-10-17)16-6-4-3-5-7-16/h3-8,11-12,17,26H,9-10,13H2,1-2H3,(H,22,24)(H,23,25). The highest BCUT2D eigenvalue weighted by molar-refractivity contribution is 6.39. The fourth-order valence-corrected chi connectivity index (χ4v) is 3.20. The van der Waals surface area contributed by atoms with Crippen molar-refractivity contribution < 1.29 is 14.7 Å². The molecule has 2 aromatic rings. The third-order valence-corrected chi connectivity index (χ3v) is 4.88. The average molecular weight is 352 g/mol. The van der Waals surface area contributed by atoms with Crippen molar-refractivity contribution in [3.05, 3.63) is 65.2 Å². The second kappa shape index (κ2) is 7.30. The van der Waals surface area contributed by atoms with E-state index in [-0.39, 0.29) is 12.5 Å². The number of anilines is 1. The van der Waals surface area contributed by atoms with Crippen LogP contribution in [0.25, 0.3) is 0 Å². The zero-order chi connectivity index (χ0) is 18.7. The van der Waals surface area contributed by atoms with Gasteiger partial charge in [-0.3, -0.25) is 9.59 Å². The third kappa shape index (κ3) is 3.94. The fraction of sp³-hybridized carbons (Fsp3) is 0.333. The third-order valence-electron chi connectivity index (χ3n) is 4.88. The van der Waals surface area contributed by atoms with E-state index < -0.39 is 17.4 Å². The molecule has 1 unspecified atom stereocenters. The number of aliphatic hydroxyl groups is 1. The summed E-state index contributed by atoms with van der Waals surface area (Å²) in [5, 5.41) is 16.3. The molecule has 1 saturated carbocycles. The van der Waals surface area contributed by atoms with Crippen LogP contribution < -0.4 is 10.6 Å². The Kier molecular flexibility index (Phi) is 5.09. The van der Waals surface area contributed by atoms with Gasteiger partial charge in [0.05, 0.1) is 6.54 Å². The summed E-state index contributed by atoms with van der Waals surface area (Å²) in [7, 11) is 0. The van der Waals surface area contributed by atoms with Crippen LogP contribution in [0.2, 0.25) is 0 Å². The quantitative estimate of drug-likeness (QED) is 0.724. The van der Waals surface area contributed by atoms with Crippen LogP contribution in [0.4, 0.5) is 5.69 Å². The maximum Gasteiger partial charge on any atom is 0.313 e. The summed E-state index contributed by atoms with van der Waals surface area (Å²) in [6.45, 7) is 3.86. The van der Waals surface area contributed by atoms with Gasteiger partial charge in [0.2, 0.25) is 0 Å². The molecule has 5 heteroatoms. The average Bonchev–Trinajstić information content (AvgIpc) is 3.48. The SMILES string of the molecule is Cc1ccc(NC(=O)C(=O)NCC(O)(c2ccccc2)C2CC2)c(C)c1. The van der Waals surface area contributed by atoms with Gasteiger partial charge < -0.3 is 15.7 Å². The van der Waals surface area contributed by atoms with E-state index in [2.05, 4.69) is 10.6 Å². The predicted molar refractivity (Wildman–Crippen MR) is 101 cm³/mol. The Morgan fingerprint density at radius 1 is 1.08 bits per heavy atom. The molecule has 2 amide bonds. The van der Waals surface area contributed by atoms with Gasteiger partial charge in [0, 0.05) is 5.69 Å². The summed E-state index contributed by atoms with van der Waals surface area (Å²) in [5.41, 5.74) is 2.21. The van der Waals surface area contributed by atoms with E-state index in [4.69, 9.17) is 0 Å². The second-order valence-corrected chi connectivity index (χ2v) is 7.02. The molecule has 0 aliphatic heterocycles. The van der Waals surface area contributed by atoms with Gasteiger partial charge in [-0.05, 0) is 49.8 Å². The summed E-state index contributed by atoms with van der Waals surface area (Å²) >= 11 is 0. The summed E-state index contributed by atoms with van der Waals surface area (Å²) in [5.74, 6) is -1.38. The maximum atomic E-state index is 12.2. The first-order chi connectivity index (χ1) is 12.4. The molecule has 2 aromatic carbocycles. The number of nitrogens with one attached hydrogen (secondary N) is 2. The molecule has 1 fully saturated rings. The lowest BCUT2D eigenvalue weighted by Crippen LogP contribution is -2.45. The first-order valence-electron chi connectivity index (χ1n) is 8.84. The van der Waals surface area contributed by atoms with Crippen molar-refractivity contribution in [2.24, 2.45) is 5.92 Å². The predicted octanol–water partition coefficient (Wildman–Crippen LogP) is 2.66. The van der Waals surface area contributed by atoms with Crippen LogP contribution in [-0.2, 0) is 15.2 Å². The molecule has 0 heterocycles. The van der Waals surface area contributed by atoms with Crippen molar-refractivity contribution in [2.75, 3.05) is 11.9 Å². The molecule has 3 N–H and O–H groups in total. The van der Waals surface area contributed by atoms with Crippen LogP contribution >= 0.6 is 0 Å². The first-order valence-corrected chi connectivity index (χ1v) is 8.84. The number of aryl methyl sites for hydroxylation is 2. The zero-order valence-corrected chi connectivity index (χ0v) is 15.1. The number of amides is 2. The van der Waals surface area contributed by atoms with Gasteiger partial charge in [0.25, 0.3) is 0 Å². The molecule has 1 atom stereocenters. The molecule has 136 valence electrons. The molecule has 0 saturated heterocycles. The van der Waals surface area contributed by atoms with E-state index in [0.717, 1.165) is 29.5 Å². The van der Waals surface area contributed by atoms with Gasteiger partial charge in [0.1, 0.15) is 5.60 Å². The smallest absolute Gasteiger partial charge is 0.313 e. The lowest BCUT2D eigenvalue weighted by atomic mass is 9.88. The summed E-state index contributed by atoms with van der Waals surface area (Å²) in [6.07, 6.45) is 1.83. The number of hydrogen-bond donors (Lipinski definition) is 3. The highest BCUT2D eigenvalue weighted by atomic mass is 16.3. The minimum atomic E-state index is -1.14. The Balaban J connectivity index is 1.64. The number of carbonyl (C=O) groups is 2. The zero-order valence-electron chi connectivity index (χ0n) is 15.1. The van der Waals surface area contributed by atoms with Crippen molar-refractivity contribution in [3.63, 3.8) is 0 Å². The number of hydrogen-bond acceptors (Lipinski definition) is 3. The summed E-state index contributed by atoms with van der Waals surface area (Å²) in [6, 6.07) is 14.9. The molecule has 0 bridgehead atoms. The van der Waals surface area contributed by atoms with Crippen molar-refractivity contribution in [2.45, 2.75) is 32.3 Å². The lowest BCUT2D eigenvalue weighted by molar-refractivity contribution is -0.137. The van der Waals surface area contributed by atoms with Gasteiger partial charge in [-0.2, -0.15) is 0 Å². The Bertz CT molecular complexity index is 815. The Hall–Kier alpha value is -2.66. The monoisotopic (exact) mass is 352 g/mol. The van der Waals surface area contributed by atoms with E-state index in [9.17, 15) is 14.7 Å². The fourth-order valence-electron chi connectivity index (χ4n) is 3.20. The number of benzene rings is 2. The van der Waals surface area contributed by atoms with E-state index in [1.165, 1.54) is 0 Å². The van der Waals surface area contributed by atoms with Gasteiger partial charge in [-0.1, -0.05) is 48.0 Å². The molecule has 26 heavy (non-hydrogen) atoms. The van der Waals surface area contributed by atoms with Crippen molar-refractivity contribution in [1.29, 1.82) is 0 Å². The highest BCUT2D eigenvalue weighted by Crippen LogP contribution is 2.45. The topological polar surface area (TPSA) is 78.4 Å². The lowest BCUT2D eigenvalue weighted by Gasteiger charge is -2.29. The summed E-state index contributed by atoms with van der Waals surface area (Å²) < 4.78 is 0. The molecule has 3 rings (SSSR count). The van der Waals surface area contributed by atoms with Crippen molar-refractivity contribution in [3.8, 4) is 0 Å². The maximum absolute atomic E-state index is 12.2. The van der Waals surface area contributed by atoms with E-state index in [0.29, 0.717) is 5.69 Å². The molecular formula is C21H24N2O3. The number of rotatable bonds is 5. The van der Waals surface area contributed by atoms with E-state index >= 15 is 0 Å². The largest absolute Gasteiger partial charge is 0.383 e.